The molecule has 32 heavy (non-hydrogen) atoms. The Kier molecular flexibility index (Phi) is 5.93. The summed E-state index contributed by atoms with van der Waals surface area (Å²) >= 11 is 1.70. The number of rotatable bonds is 6. The number of aryl methyl sites for hydroxylation is 1. The first-order valence-electron chi connectivity index (χ1n) is 9.06. The molecule has 4 rings (SSSR count). The summed E-state index contributed by atoms with van der Waals surface area (Å²) in [5.41, 5.74) is 2.06. The molecule has 0 aliphatic rings. The molecular weight excluding hydrogens is 460 g/mol. The number of halogens is 2. The lowest BCUT2D eigenvalue weighted by molar-refractivity contribution is -0.380. The van der Waals surface area contributed by atoms with E-state index in [1.165, 1.54) is 12.1 Å². The largest absolute Gasteiger partial charge is 0.444 e. The maximum atomic E-state index is 13.6. The Bertz CT molecular complexity index is 1300. The molecule has 2 heterocycles. The number of benzene rings is 2. The molecular formula is C21H13F2N3O4S2. The number of amides is 1. The summed E-state index contributed by atoms with van der Waals surface area (Å²) in [6.07, 6.45) is 0. The van der Waals surface area contributed by atoms with E-state index in [0.717, 1.165) is 46.4 Å². The molecule has 2 aromatic heterocycles. The Hall–Kier alpha value is -3.70. The molecule has 0 bridgehead atoms. The predicted octanol–water partition coefficient (Wildman–Crippen LogP) is 6.41. The second-order valence-corrected chi connectivity index (χ2v) is 8.60. The number of nitrogens with zero attached hydrogens (tertiary/aromatic N) is 2. The number of carbonyl (C=O) groups excluding carboxylic acids is 1. The highest BCUT2D eigenvalue weighted by atomic mass is 32.1. The van der Waals surface area contributed by atoms with Crippen molar-refractivity contribution >= 4 is 38.7 Å². The standard InChI is InChI=1S/C21H13F2N3O4S2/c1-11-2-4-12(5-3-11)18-20(30-15-9-13(22)8-14(23)10-15)32-21(24-18)25-19(27)16-6-7-17(31-16)26(28)29/h2-10H,1H3,(H,24,25,27). The van der Waals surface area contributed by atoms with Crippen molar-refractivity contribution in [3.05, 3.63) is 86.8 Å². The summed E-state index contributed by atoms with van der Waals surface area (Å²) in [5, 5.41) is 13.7. The van der Waals surface area contributed by atoms with Crippen molar-refractivity contribution in [3.8, 4) is 22.1 Å². The molecule has 0 unspecified atom stereocenters. The number of anilines is 1. The highest BCUT2D eigenvalue weighted by molar-refractivity contribution is 7.19. The zero-order valence-electron chi connectivity index (χ0n) is 16.3. The summed E-state index contributed by atoms with van der Waals surface area (Å²) in [5.74, 6) is -2.23. The fourth-order valence-corrected chi connectivity index (χ4v) is 4.29. The van der Waals surface area contributed by atoms with Crippen LogP contribution in [0.25, 0.3) is 11.3 Å². The third-order valence-corrected chi connectivity index (χ3v) is 6.07. The van der Waals surface area contributed by atoms with E-state index in [2.05, 4.69) is 10.3 Å². The number of hydrogen-bond acceptors (Lipinski definition) is 7. The lowest BCUT2D eigenvalue weighted by Gasteiger charge is -2.06. The van der Waals surface area contributed by atoms with Gasteiger partial charge < -0.3 is 4.74 Å². The molecule has 162 valence electrons. The van der Waals surface area contributed by atoms with Crippen molar-refractivity contribution in [1.29, 1.82) is 0 Å². The van der Waals surface area contributed by atoms with Gasteiger partial charge in [-0.3, -0.25) is 20.2 Å². The van der Waals surface area contributed by atoms with Crippen LogP contribution < -0.4 is 10.1 Å². The number of ether oxygens (including phenoxy) is 1. The van der Waals surface area contributed by atoms with Crippen LogP contribution in [0, 0.1) is 28.7 Å². The van der Waals surface area contributed by atoms with Crippen LogP contribution in [-0.2, 0) is 0 Å². The predicted molar refractivity (Wildman–Crippen MR) is 118 cm³/mol. The molecule has 1 amide bonds. The molecule has 0 radical (unpaired) electrons. The monoisotopic (exact) mass is 473 g/mol. The van der Waals surface area contributed by atoms with Crippen LogP contribution in [0.4, 0.5) is 18.9 Å². The summed E-state index contributed by atoms with van der Waals surface area (Å²) in [4.78, 5) is 27.3. The van der Waals surface area contributed by atoms with Crippen molar-refractivity contribution in [2.45, 2.75) is 6.92 Å². The Morgan fingerprint density at radius 1 is 1.06 bits per heavy atom. The molecule has 0 saturated heterocycles. The van der Waals surface area contributed by atoms with E-state index in [9.17, 15) is 23.7 Å². The first-order chi connectivity index (χ1) is 15.3. The summed E-state index contributed by atoms with van der Waals surface area (Å²) < 4.78 is 32.9. The Balaban J connectivity index is 1.67. The van der Waals surface area contributed by atoms with Gasteiger partial charge in [0.15, 0.2) is 5.13 Å². The van der Waals surface area contributed by atoms with Gasteiger partial charge in [0.25, 0.3) is 5.91 Å². The summed E-state index contributed by atoms with van der Waals surface area (Å²) in [7, 11) is 0. The fraction of sp³-hybridized carbons (Fsp3) is 0.0476. The molecule has 0 aliphatic heterocycles. The quantitative estimate of drug-likeness (QED) is 0.258. The molecule has 0 spiro atoms. The van der Waals surface area contributed by atoms with Crippen LogP contribution in [0.1, 0.15) is 15.2 Å². The van der Waals surface area contributed by atoms with E-state index >= 15 is 0 Å². The van der Waals surface area contributed by atoms with Gasteiger partial charge >= 0.3 is 5.00 Å². The summed E-state index contributed by atoms with van der Waals surface area (Å²) in [6.45, 7) is 1.92. The van der Waals surface area contributed by atoms with Crippen molar-refractivity contribution in [3.63, 3.8) is 0 Å². The number of carbonyl (C=O) groups is 1. The molecule has 0 aliphatic carbocycles. The molecule has 4 aromatic rings. The maximum absolute atomic E-state index is 13.6. The van der Waals surface area contributed by atoms with Crippen molar-refractivity contribution in [2.24, 2.45) is 0 Å². The molecule has 0 fully saturated rings. The van der Waals surface area contributed by atoms with E-state index in [0.29, 0.717) is 11.3 Å². The van der Waals surface area contributed by atoms with Gasteiger partial charge in [-0.2, -0.15) is 0 Å². The summed E-state index contributed by atoms with van der Waals surface area (Å²) in [6, 6.07) is 12.7. The number of nitro groups is 1. The number of nitrogens with one attached hydrogen (secondary N) is 1. The Morgan fingerprint density at radius 3 is 2.38 bits per heavy atom. The average Bonchev–Trinajstić information content (AvgIpc) is 3.36. The van der Waals surface area contributed by atoms with Crippen LogP contribution in [0.3, 0.4) is 0 Å². The first kappa shape index (κ1) is 21.5. The van der Waals surface area contributed by atoms with Crippen LogP contribution >= 0.6 is 22.7 Å². The first-order valence-corrected chi connectivity index (χ1v) is 10.7. The van der Waals surface area contributed by atoms with Gasteiger partial charge in [-0.1, -0.05) is 52.5 Å². The minimum absolute atomic E-state index is 0.0636. The highest BCUT2D eigenvalue weighted by Crippen LogP contribution is 2.41. The van der Waals surface area contributed by atoms with E-state index in [1.54, 1.807) is 12.1 Å². The minimum Gasteiger partial charge on any atom is -0.444 e. The maximum Gasteiger partial charge on any atom is 0.324 e. The number of hydrogen-bond donors (Lipinski definition) is 1. The third kappa shape index (κ3) is 4.79. The third-order valence-electron chi connectivity index (χ3n) is 4.18. The average molecular weight is 473 g/mol. The smallest absolute Gasteiger partial charge is 0.324 e. The van der Waals surface area contributed by atoms with E-state index in [4.69, 9.17) is 4.74 Å². The van der Waals surface area contributed by atoms with Gasteiger partial charge in [0, 0.05) is 29.8 Å². The van der Waals surface area contributed by atoms with Gasteiger partial charge in [0.1, 0.15) is 23.1 Å². The van der Waals surface area contributed by atoms with Gasteiger partial charge in [0.05, 0.1) is 9.80 Å². The molecule has 1 N–H and O–H groups in total. The van der Waals surface area contributed by atoms with Crippen LogP contribution in [0.2, 0.25) is 0 Å². The van der Waals surface area contributed by atoms with Gasteiger partial charge in [-0.05, 0) is 13.0 Å². The minimum atomic E-state index is -0.797. The van der Waals surface area contributed by atoms with E-state index in [1.807, 2.05) is 19.1 Å². The second kappa shape index (κ2) is 8.81. The number of thiophene rings is 1. The van der Waals surface area contributed by atoms with E-state index in [-0.39, 0.29) is 25.8 Å². The SMILES string of the molecule is Cc1ccc(-c2nc(NC(=O)c3ccc([N+](=O)[O-])s3)sc2Oc2cc(F)cc(F)c2)cc1. The normalized spacial score (nSPS) is 10.7. The van der Waals surface area contributed by atoms with Crippen molar-refractivity contribution < 1.29 is 23.2 Å². The van der Waals surface area contributed by atoms with E-state index < -0.39 is 22.5 Å². The van der Waals surface area contributed by atoms with Gasteiger partial charge in [0.2, 0.25) is 5.06 Å². The molecule has 11 heteroatoms. The second-order valence-electron chi connectivity index (χ2n) is 6.58. The molecule has 7 nitrogen and oxygen atoms in total. The number of thiazole rings is 1. The van der Waals surface area contributed by atoms with Crippen LogP contribution in [-0.4, -0.2) is 15.8 Å². The lowest BCUT2D eigenvalue weighted by Crippen LogP contribution is -2.09. The topological polar surface area (TPSA) is 94.4 Å². The lowest BCUT2D eigenvalue weighted by atomic mass is 10.1. The fourth-order valence-electron chi connectivity index (χ4n) is 2.72. The zero-order valence-corrected chi connectivity index (χ0v) is 17.9. The van der Waals surface area contributed by atoms with Crippen molar-refractivity contribution in [2.75, 3.05) is 5.32 Å². The van der Waals surface area contributed by atoms with Gasteiger partial charge in [-0.15, -0.1) is 0 Å². The zero-order chi connectivity index (χ0) is 22.8. The molecule has 0 saturated carbocycles. The Labute approximate surface area is 188 Å². The highest BCUT2D eigenvalue weighted by Gasteiger charge is 2.20. The van der Waals surface area contributed by atoms with Crippen molar-refractivity contribution in [1.82, 2.24) is 4.98 Å². The molecule has 0 atom stereocenters. The number of aromatic nitrogens is 1. The Morgan fingerprint density at radius 2 is 1.75 bits per heavy atom. The molecule has 2 aromatic carbocycles. The van der Waals surface area contributed by atoms with Crippen LogP contribution in [0.5, 0.6) is 10.8 Å². The van der Waals surface area contributed by atoms with Gasteiger partial charge in [-0.25, -0.2) is 13.8 Å². The van der Waals surface area contributed by atoms with Crippen LogP contribution in [0.15, 0.2) is 54.6 Å².